The van der Waals surface area contributed by atoms with Crippen molar-refractivity contribution in [1.82, 2.24) is 0 Å². The van der Waals surface area contributed by atoms with Crippen molar-refractivity contribution in [2.75, 3.05) is 6.61 Å². The molecule has 3 aromatic carbocycles. The van der Waals surface area contributed by atoms with Crippen LogP contribution in [-0.2, 0) is 20.2 Å². The Bertz CT molecular complexity index is 1500. The molecule has 2 N–H and O–H groups in total. The molecule has 3 rings (SSSR count). The minimum atomic E-state index is -4.67. The first-order valence-corrected chi connectivity index (χ1v) is 13.1. The molecule has 0 heterocycles. The predicted molar refractivity (Wildman–Crippen MR) is 128 cm³/mol. The number of carbonyl (C=O) groups excluding carboxylic acids is 1. The van der Waals surface area contributed by atoms with Crippen LogP contribution in [0.15, 0.2) is 52.3 Å². The molecule has 0 aliphatic carbocycles. The first-order chi connectivity index (χ1) is 15.8. The maximum atomic E-state index is 12.2. The summed E-state index contributed by atoms with van der Waals surface area (Å²) in [5.74, 6) is 0.135. The van der Waals surface area contributed by atoms with Crippen LogP contribution in [0.25, 0.3) is 22.3 Å². The third-order valence-corrected chi connectivity index (χ3v) is 7.20. The lowest BCUT2D eigenvalue weighted by molar-refractivity contribution is 0.112. The van der Waals surface area contributed by atoms with Gasteiger partial charge in [0.1, 0.15) is 15.5 Å². The number of aryl methyl sites for hydroxylation is 2. The summed E-state index contributed by atoms with van der Waals surface area (Å²) in [6, 6.07) is 10.1. The minimum absolute atomic E-state index is 0.0414. The molecule has 3 aromatic rings. The van der Waals surface area contributed by atoms with E-state index in [0.717, 1.165) is 0 Å². The summed E-state index contributed by atoms with van der Waals surface area (Å²) in [5.41, 5.74) is 2.46. The molecule has 180 valence electrons. The van der Waals surface area contributed by atoms with Crippen molar-refractivity contribution >= 4 is 26.5 Å². The van der Waals surface area contributed by atoms with Crippen molar-refractivity contribution in [2.24, 2.45) is 0 Å². The van der Waals surface area contributed by atoms with Gasteiger partial charge in [-0.1, -0.05) is 35.4 Å². The molecular weight excluding hydrogens is 480 g/mol. The number of carbonyl (C=O) groups is 1. The van der Waals surface area contributed by atoms with E-state index in [-0.39, 0.29) is 39.5 Å². The lowest BCUT2D eigenvalue weighted by atomic mass is 9.89. The average molecular weight is 505 g/mol. The first kappa shape index (κ1) is 25.6. The quantitative estimate of drug-likeness (QED) is 0.351. The molecule has 0 saturated carbocycles. The van der Waals surface area contributed by atoms with Crippen molar-refractivity contribution in [2.45, 2.75) is 37.5 Å². The topological polar surface area (TPSA) is 135 Å². The van der Waals surface area contributed by atoms with Crippen LogP contribution < -0.4 is 4.74 Å². The highest BCUT2D eigenvalue weighted by Gasteiger charge is 2.26. The van der Waals surface area contributed by atoms with E-state index in [0.29, 0.717) is 28.5 Å². The zero-order chi connectivity index (χ0) is 25.4. The number of aldehydes is 1. The van der Waals surface area contributed by atoms with Crippen molar-refractivity contribution < 1.29 is 35.5 Å². The number of hydrogen-bond donors (Lipinski definition) is 2. The Morgan fingerprint density at radius 3 is 1.65 bits per heavy atom. The van der Waals surface area contributed by atoms with Gasteiger partial charge >= 0.3 is 0 Å². The number of rotatable bonds is 7. The van der Waals surface area contributed by atoms with Crippen LogP contribution in [0.1, 0.15) is 34.0 Å². The lowest BCUT2D eigenvalue weighted by Crippen LogP contribution is -2.07. The molecule has 0 aromatic heterocycles. The molecule has 0 radical (unpaired) electrons. The van der Waals surface area contributed by atoms with E-state index in [2.05, 4.69) is 0 Å². The van der Waals surface area contributed by atoms with Gasteiger partial charge in [0, 0.05) is 11.1 Å². The van der Waals surface area contributed by atoms with Crippen LogP contribution in [0.5, 0.6) is 5.75 Å². The second-order valence-corrected chi connectivity index (χ2v) is 10.6. The van der Waals surface area contributed by atoms with Gasteiger partial charge in [-0.05, 0) is 62.6 Å². The van der Waals surface area contributed by atoms with Crippen LogP contribution in [0.4, 0.5) is 0 Å². The predicted octanol–water partition coefficient (Wildman–Crippen LogP) is 4.65. The van der Waals surface area contributed by atoms with Gasteiger partial charge in [-0.3, -0.25) is 13.9 Å². The summed E-state index contributed by atoms with van der Waals surface area (Å²) in [5, 5.41) is 0. The van der Waals surface area contributed by atoms with Gasteiger partial charge in [-0.2, -0.15) is 16.8 Å². The Labute approximate surface area is 198 Å². The average Bonchev–Trinajstić information content (AvgIpc) is 2.73. The van der Waals surface area contributed by atoms with Crippen LogP contribution in [0.3, 0.4) is 0 Å². The SMILES string of the molecule is CCOc1c(C)c(-c2cc(C)ccc2S(=O)(=O)O)cc(-c2cc(C)ccc2S(=O)(=O)O)c1C=O. The minimum Gasteiger partial charge on any atom is -0.493 e. The molecule has 0 amide bonds. The van der Waals surface area contributed by atoms with Gasteiger partial charge in [-0.15, -0.1) is 0 Å². The van der Waals surface area contributed by atoms with Gasteiger partial charge in [0.05, 0.1) is 12.2 Å². The van der Waals surface area contributed by atoms with Gasteiger partial charge in [0.15, 0.2) is 6.29 Å². The second-order valence-electron chi connectivity index (χ2n) is 7.84. The molecule has 0 spiro atoms. The van der Waals surface area contributed by atoms with E-state index in [4.69, 9.17) is 4.74 Å². The van der Waals surface area contributed by atoms with Gasteiger partial charge in [0.2, 0.25) is 0 Å². The maximum absolute atomic E-state index is 12.2. The van der Waals surface area contributed by atoms with Crippen LogP contribution in [0.2, 0.25) is 0 Å². The van der Waals surface area contributed by atoms with E-state index in [1.54, 1.807) is 33.8 Å². The summed E-state index contributed by atoms with van der Waals surface area (Å²) in [7, 11) is -9.28. The Kier molecular flexibility index (Phi) is 6.99. The lowest BCUT2D eigenvalue weighted by Gasteiger charge is -2.20. The third kappa shape index (κ3) is 4.90. The van der Waals surface area contributed by atoms with Crippen molar-refractivity contribution in [1.29, 1.82) is 0 Å². The Balaban J connectivity index is 2.57. The van der Waals surface area contributed by atoms with E-state index >= 15 is 0 Å². The molecule has 10 heteroatoms. The third-order valence-electron chi connectivity index (χ3n) is 5.38. The Morgan fingerprint density at radius 2 is 1.24 bits per heavy atom. The molecule has 0 fully saturated rings. The number of benzene rings is 3. The maximum Gasteiger partial charge on any atom is 0.295 e. The highest BCUT2D eigenvalue weighted by atomic mass is 32.2. The van der Waals surface area contributed by atoms with Crippen LogP contribution in [0, 0.1) is 20.8 Å². The zero-order valence-corrected chi connectivity index (χ0v) is 20.6. The fraction of sp³-hybridized carbons (Fsp3) is 0.208. The Morgan fingerprint density at radius 1 is 0.765 bits per heavy atom. The molecule has 0 aliphatic heterocycles. The zero-order valence-electron chi connectivity index (χ0n) is 19.0. The summed E-state index contributed by atoms with van der Waals surface area (Å²) >= 11 is 0. The van der Waals surface area contributed by atoms with E-state index in [1.165, 1.54) is 36.4 Å². The molecule has 34 heavy (non-hydrogen) atoms. The van der Waals surface area contributed by atoms with Gasteiger partial charge in [-0.25, -0.2) is 0 Å². The summed E-state index contributed by atoms with van der Waals surface area (Å²) in [6.45, 7) is 6.96. The van der Waals surface area contributed by atoms with Gasteiger partial charge in [0.25, 0.3) is 20.2 Å². The molecule has 8 nitrogen and oxygen atoms in total. The standard InChI is InChI=1S/C24H24O8S2/c1-5-32-24-16(4)17(19-10-14(2)6-8-22(19)33(26,27)28)12-18(21(24)13-25)20-11-15(3)7-9-23(20)34(29,30)31/h6-13H,5H2,1-4H3,(H,26,27,28)(H,29,30,31). The molecule has 0 aliphatic rings. The summed E-state index contributed by atoms with van der Waals surface area (Å²) < 4.78 is 73.9. The largest absolute Gasteiger partial charge is 0.493 e. The smallest absolute Gasteiger partial charge is 0.295 e. The fourth-order valence-electron chi connectivity index (χ4n) is 3.89. The van der Waals surface area contributed by atoms with Crippen molar-refractivity contribution in [3.8, 4) is 28.0 Å². The number of hydrogen-bond acceptors (Lipinski definition) is 6. The van der Waals surface area contributed by atoms with E-state index in [1.807, 2.05) is 0 Å². The van der Waals surface area contributed by atoms with Crippen molar-refractivity contribution in [3.63, 3.8) is 0 Å². The summed E-state index contributed by atoms with van der Waals surface area (Å²) in [6.07, 6.45) is 0.521. The highest BCUT2D eigenvalue weighted by Crippen LogP contribution is 2.43. The van der Waals surface area contributed by atoms with Crippen LogP contribution >= 0.6 is 0 Å². The Hall–Kier alpha value is -3.05. The molecule has 0 saturated heterocycles. The first-order valence-electron chi connectivity index (χ1n) is 10.2. The normalized spacial score (nSPS) is 11.9. The van der Waals surface area contributed by atoms with E-state index in [9.17, 15) is 30.7 Å². The van der Waals surface area contributed by atoms with Crippen molar-refractivity contribution in [3.05, 3.63) is 64.7 Å². The van der Waals surface area contributed by atoms with Gasteiger partial charge < -0.3 is 4.74 Å². The molecule has 0 unspecified atom stereocenters. The highest BCUT2D eigenvalue weighted by molar-refractivity contribution is 7.86. The molecule has 0 bridgehead atoms. The second kappa shape index (κ2) is 9.30. The van der Waals surface area contributed by atoms with Crippen LogP contribution in [-0.4, -0.2) is 38.8 Å². The van der Waals surface area contributed by atoms with E-state index < -0.39 is 25.1 Å². The monoisotopic (exact) mass is 504 g/mol. The summed E-state index contributed by atoms with van der Waals surface area (Å²) in [4.78, 5) is 11.4. The fourth-order valence-corrected chi connectivity index (χ4v) is 5.26. The molecule has 0 atom stereocenters. The number of ether oxygens (including phenoxy) is 1. The molecular formula is C24H24O8S2.